The Balaban J connectivity index is 2.35. The number of rotatable bonds is 6. The maximum atomic E-state index is 12.7. The lowest BCUT2D eigenvalue weighted by Crippen LogP contribution is -2.33. The van der Waals surface area contributed by atoms with E-state index in [0.717, 1.165) is 12.8 Å². The summed E-state index contributed by atoms with van der Waals surface area (Å²) in [5.74, 6) is 0.210. The highest BCUT2D eigenvalue weighted by atomic mass is 32.2. The van der Waals surface area contributed by atoms with Gasteiger partial charge >= 0.3 is 0 Å². The molecule has 0 aromatic heterocycles. The van der Waals surface area contributed by atoms with Crippen LogP contribution in [0.5, 0.6) is 5.75 Å². The van der Waals surface area contributed by atoms with Gasteiger partial charge in [0.15, 0.2) is 6.61 Å². The molecular formula is C14H20N2O4S. The van der Waals surface area contributed by atoms with Gasteiger partial charge in [0, 0.05) is 13.1 Å². The monoisotopic (exact) mass is 312 g/mol. The molecule has 1 aromatic rings. The normalized spacial score (nSPS) is 14.5. The lowest BCUT2D eigenvalue weighted by Gasteiger charge is -2.23. The predicted molar refractivity (Wildman–Crippen MR) is 79.9 cm³/mol. The Bertz CT molecular complexity index is 622. The molecule has 1 aromatic carbocycles. The second-order valence-electron chi connectivity index (χ2n) is 4.90. The highest BCUT2D eigenvalue weighted by Crippen LogP contribution is 2.31. The van der Waals surface area contributed by atoms with E-state index in [1.807, 2.05) is 13.8 Å². The van der Waals surface area contributed by atoms with Crippen molar-refractivity contribution in [3.63, 3.8) is 0 Å². The lowest BCUT2D eigenvalue weighted by atomic mass is 10.2. The van der Waals surface area contributed by atoms with E-state index >= 15 is 0 Å². The summed E-state index contributed by atoms with van der Waals surface area (Å²) >= 11 is 0. The first-order valence-electron chi connectivity index (χ1n) is 7.06. The van der Waals surface area contributed by atoms with Crippen LogP contribution in [0.4, 0.5) is 5.69 Å². The van der Waals surface area contributed by atoms with Crippen molar-refractivity contribution in [2.24, 2.45) is 0 Å². The van der Waals surface area contributed by atoms with Crippen LogP contribution < -0.4 is 10.1 Å². The van der Waals surface area contributed by atoms with Gasteiger partial charge in [0.25, 0.3) is 5.91 Å². The molecule has 0 bridgehead atoms. The highest BCUT2D eigenvalue weighted by Gasteiger charge is 2.25. The Kier molecular flexibility index (Phi) is 4.84. The molecule has 0 aliphatic carbocycles. The predicted octanol–water partition coefficient (Wildman–Crippen LogP) is 1.83. The summed E-state index contributed by atoms with van der Waals surface area (Å²) in [5.41, 5.74) is 0.403. The summed E-state index contributed by atoms with van der Waals surface area (Å²) in [6, 6.07) is 4.56. The molecule has 1 aliphatic rings. The summed E-state index contributed by atoms with van der Waals surface area (Å²) in [7, 11) is -3.55. The molecule has 116 valence electrons. The van der Waals surface area contributed by atoms with Crippen molar-refractivity contribution in [1.82, 2.24) is 4.31 Å². The molecule has 6 nitrogen and oxygen atoms in total. The van der Waals surface area contributed by atoms with Crippen LogP contribution in [0, 0.1) is 0 Å². The number of nitrogens with zero attached hydrogens (tertiary/aromatic N) is 1. The van der Waals surface area contributed by atoms with Gasteiger partial charge in [0.05, 0.1) is 10.6 Å². The van der Waals surface area contributed by atoms with E-state index in [1.165, 1.54) is 16.4 Å². The smallest absolute Gasteiger partial charge is 0.262 e. The summed E-state index contributed by atoms with van der Waals surface area (Å²) in [6.45, 7) is 4.81. The number of amides is 1. The fourth-order valence-electron chi connectivity index (χ4n) is 2.22. The van der Waals surface area contributed by atoms with Crippen molar-refractivity contribution >= 4 is 21.6 Å². The quantitative estimate of drug-likeness (QED) is 0.869. The van der Waals surface area contributed by atoms with E-state index in [2.05, 4.69) is 5.32 Å². The molecule has 0 saturated heterocycles. The van der Waals surface area contributed by atoms with Gasteiger partial charge in [-0.3, -0.25) is 4.79 Å². The fraction of sp³-hybridized carbons (Fsp3) is 0.500. The van der Waals surface area contributed by atoms with E-state index in [-0.39, 0.29) is 17.4 Å². The van der Waals surface area contributed by atoms with Gasteiger partial charge in [-0.15, -0.1) is 0 Å². The second kappa shape index (κ2) is 6.44. The third kappa shape index (κ3) is 3.36. The van der Waals surface area contributed by atoms with Crippen LogP contribution in [0.25, 0.3) is 0 Å². The Morgan fingerprint density at radius 2 is 1.90 bits per heavy atom. The molecule has 0 atom stereocenters. The largest absolute Gasteiger partial charge is 0.482 e. The average Bonchev–Trinajstić information content (AvgIpc) is 2.46. The zero-order chi connectivity index (χ0) is 15.5. The Morgan fingerprint density at radius 3 is 2.52 bits per heavy atom. The van der Waals surface area contributed by atoms with E-state index < -0.39 is 10.0 Å². The van der Waals surface area contributed by atoms with Crippen LogP contribution >= 0.6 is 0 Å². The molecule has 0 saturated carbocycles. The van der Waals surface area contributed by atoms with Crippen molar-refractivity contribution in [2.45, 2.75) is 31.6 Å². The number of carbonyl (C=O) groups excluding carboxylic acids is 1. The Hall–Kier alpha value is -1.60. The maximum Gasteiger partial charge on any atom is 0.262 e. The molecule has 0 fully saturated rings. The summed E-state index contributed by atoms with van der Waals surface area (Å²) in [6.07, 6.45) is 1.51. The SMILES string of the molecule is CCCN(CCC)S(=O)(=O)c1ccc2c(c1)NC(=O)CO2. The Labute approximate surface area is 125 Å². The number of hydrogen-bond donors (Lipinski definition) is 1. The van der Waals surface area contributed by atoms with Crippen LogP contribution in [-0.2, 0) is 14.8 Å². The lowest BCUT2D eigenvalue weighted by molar-refractivity contribution is -0.118. The molecule has 1 N–H and O–H groups in total. The number of ether oxygens (including phenoxy) is 1. The first-order chi connectivity index (χ1) is 9.98. The second-order valence-corrected chi connectivity index (χ2v) is 6.84. The van der Waals surface area contributed by atoms with Crippen molar-refractivity contribution < 1.29 is 17.9 Å². The molecular weight excluding hydrogens is 292 g/mol. The van der Waals surface area contributed by atoms with E-state index in [1.54, 1.807) is 6.07 Å². The number of fused-ring (bicyclic) bond motifs is 1. The van der Waals surface area contributed by atoms with Crippen LogP contribution in [0.15, 0.2) is 23.1 Å². The van der Waals surface area contributed by atoms with Crippen molar-refractivity contribution in [2.75, 3.05) is 25.0 Å². The fourth-order valence-corrected chi connectivity index (χ4v) is 3.87. The zero-order valence-electron chi connectivity index (χ0n) is 12.3. The number of hydrogen-bond acceptors (Lipinski definition) is 4. The van der Waals surface area contributed by atoms with Crippen LogP contribution in [0.3, 0.4) is 0 Å². The maximum absolute atomic E-state index is 12.7. The van der Waals surface area contributed by atoms with Crippen molar-refractivity contribution in [3.05, 3.63) is 18.2 Å². The molecule has 21 heavy (non-hydrogen) atoms. The summed E-state index contributed by atoms with van der Waals surface area (Å²) in [4.78, 5) is 11.5. The minimum atomic E-state index is -3.55. The minimum absolute atomic E-state index is 0.0448. The molecule has 1 amide bonds. The van der Waals surface area contributed by atoms with E-state index in [4.69, 9.17) is 4.74 Å². The van der Waals surface area contributed by atoms with Gasteiger partial charge in [-0.2, -0.15) is 4.31 Å². The minimum Gasteiger partial charge on any atom is -0.482 e. The molecule has 1 heterocycles. The number of sulfonamides is 1. The molecule has 7 heteroatoms. The van der Waals surface area contributed by atoms with Gasteiger partial charge in [0.1, 0.15) is 5.75 Å². The van der Waals surface area contributed by atoms with E-state index in [0.29, 0.717) is 24.5 Å². The number of benzene rings is 1. The third-order valence-corrected chi connectivity index (χ3v) is 5.06. The van der Waals surface area contributed by atoms with Crippen molar-refractivity contribution in [3.8, 4) is 5.75 Å². The number of anilines is 1. The topological polar surface area (TPSA) is 75.7 Å². The van der Waals surface area contributed by atoms with Gasteiger partial charge in [-0.25, -0.2) is 8.42 Å². The number of carbonyl (C=O) groups is 1. The third-order valence-electron chi connectivity index (χ3n) is 3.17. The average molecular weight is 312 g/mol. The van der Waals surface area contributed by atoms with Crippen LogP contribution in [-0.4, -0.2) is 38.3 Å². The summed E-state index contributed by atoms with van der Waals surface area (Å²) < 4.78 is 32.0. The standard InChI is InChI=1S/C14H20N2O4S/c1-3-7-16(8-4-2)21(18,19)11-5-6-13-12(9-11)15-14(17)10-20-13/h5-6,9H,3-4,7-8,10H2,1-2H3,(H,15,17). The molecule has 0 spiro atoms. The highest BCUT2D eigenvalue weighted by molar-refractivity contribution is 7.89. The first kappa shape index (κ1) is 15.8. The van der Waals surface area contributed by atoms with Gasteiger partial charge in [-0.05, 0) is 31.0 Å². The molecule has 0 unspecified atom stereocenters. The summed E-state index contributed by atoms with van der Waals surface area (Å²) in [5, 5.41) is 2.63. The van der Waals surface area contributed by atoms with Gasteiger partial charge in [0.2, 0.25) is 10.0 Å². The molecule has 1 aliphatic heterocycles. The number of nitrogens with one attached hydrogen (secondary N) is 1. The Morgan fingerprint density at radius 1 is 1.24 bits per heavy atom. The van der Waals surface area contributed by atoms with Crippen molar-refractivity contribution in [1.29, 1.82) is 0 Å². The van der Waals surface area contributed by atoms with Crippen LogP contribution in [0.1, 0.15) is 26.7 Å². The molecule has 2 rings (SSSR count). The van der Waals surface area contributed by atoms with Gasteiger partial charge in [-0.1, -0.05) is 13.8 Å². The van der Waals surface area contributed by atoms with Crippen LogP contribution in [0.2, 0.25) is 0 Å². The molecule has 0 radical (unpaired) electrons. The first-order valence-corrected chi connectivity index (χ1v) is 8.50. The van der Waals surface area contributed by atoms with E-state index in [9.17, 15) is 13.2 Å². The zero-order valence-corrected chi connectivity index (χ0v) is 13.1. The van der Waals surface area contributed by atoms with Gasteiger partial charge < -0.3 is 10.1 Å².